The van der Waals surface area contributed by atoms with Crippen LogP contribution in [0.5, 0.6) is 0 Å². The van der Waals surface area contributed by atoms with E-state index in [-0.39, 0.29) is 5.56 Å². The second kappa shape index (κ2) is 8.52. The first-order valence-corrected chi connectivity index (χ1v) is 8.00. The first kappa shape index (κ1) is 22.2. The molecule has 0 saturated heterocycles. The Balaban J connectivity index is 1.96. The number of hydrogen-bond donors (Lipinski definition) is 3. The fourth-order valence-corrected chi connectivity index (χ4v) is 2.30. The molecular weight excluding hydrogens is 406 g/mol. The molecule has 0 spiro atoms. The van der Waals surface area contributed by atoms with Gasteiger partial charge in [-0.1, -0.05) is 24.3 Å². The number of rotatable bonds is 4. The van der Waals surface area contributed by atoms with Gasteiger partial charge in [0.25, 0.3) is 0 Å². The van der Waals surface area contributed by atoms with Crippen molar-refractivity contribution in [2.75, 3.05) is 11.9 Å². The molecule has 0 heterocycles. The molecule has 2 aromatic rings. The van der Waals surface area contributed by atoms with E-state index in [0.717, 1.165) is 42.5 Å². The van der Waals surface area contributed by atoms with Crippen molar-refractivity contribution in [2.24, 2.45) is 0 Å². The predicted octanol–water partition coefficient (Wildman–Crippen LogP) is 3.51. The molecule has 29 heavy (non-hydrogen) atoms. The van der Waals surface area contributed by atoms with Gasteiger partial charge in [0.05, 0.1) is 22.9 Å². The molecular formula is C18H14F6N2O3. The minimum Gasteiger partial charge on any atom is -0.387 e. The van der Waals surface area contributed by atoms with Crippen molar-refractivity contribution >= 4 is 17.5 Å². The molecule has 11 heteroatoms. The van der Waals surface area contributed by atoms with Gasteiger partial charge < -0.3 is 15.7 Å². The lowest BCUT2D eigenvalue weighted by atomic mass is 10.1. The average molecular weight is 420 g/mol. The number of amides is 2. The molecule has 0 aliphatic carbocycles. The van der Waals surface area contributed by atoms with Crippen LogP contribution in [0.25, 0.3) is 0 Å². The third-order valence-electron chi connectivity index (χ3n) is 3.77. The summed E-state index contributed by atoms with van der Waals surface area (Å²) in [4.78, 5) is 23.6. The van der Waals surface area contributed by atoms with E-state index in [0.29, 0.717) is 0 Å². The van der Waals surface area contributed by atoms with E-state index in [1.165, 1.54) is 6.07 Å². The van der Waals surface area contributed by atoms with Gasteiger partial charge in [0.15, 0.2) is 0 Å². The number of benzene rings is 2. The predicted molar refractivity (Wildman–Crippen MR) is 89.5 cm³/mol. The van der Waals surface area contributed by atoms with Crippen LogP contribution >= 0.6 is 0 Å². The second-order valence-electron chi connectivity index (χ2n) is 5.84. The summed E-state index contributed by atoms with van der Waals surface area (Å²) < 4.78 is 76.2. The van der Waals surface area contributed by atoms with Crippen LogP contribution in [0.3, 0.4) is 0 Å². The van der Waals surface area contributed by atoms with Crippen LogP contribution in [-0.4, -0.2) is 23.5 Å². The maximum absolute atomic E-state index is 12.9. The standard InChI is InChI=1S/C18H14F6N2O3/c19-17(20,21)11-7-5-10(6-8-11)14(27)9-25-15(28)16(29)26-13-4-2-1-3-12(13)18(22,23)24/h1-8,14,27H,9H2,(H,25,28)(H,26,29). The van der Waals surface area contributed by atoms with Gasteiger partial charge in [-0.2, -0.15) is 26.3 Å². The Morgan fingerprint density at radius 1 is 0.862 bits per heavy atom. The van der Waals surface area contributed by atoms with Gasteiger partial charge in [-0.3, -0.25) is 9.59 Å². The van der Waals surface area contributed by atoms with Gasteiger partial charge in [0.2, 0.25) is 0 Å². The average Bonchev–Trinajstić information content (AvgIpc) is 2.64. The van der Waals surface area contributed by atoms with Crippen molar-refractivity contribution in [3.05, 3.63) is 65.2 Å². The zero-order chi connectivity index (χ0) is 21.8. The highest BCUT2D eigenvalue weighted by Gasteiger charge is 2.34. The lowest BCUT2D eigenvalue weighted by molar-refractivity contribution is -0.138. The van der Waals surface area contributed by atoms with Crippen molar-refractivity contribution in [2.45, 2.75) is 18.5 Å². The van der Waals surface area contributed by atoms with Crippen LogP contribution < -0.4 is 10.6 Å². The largest absolute Gasteiger partial charge is 0.418 e. The Hall–Kier alpha value is -3.08. The maximum Gasteiger partial charge on any atom is 0.418 e. The Morgan fingerprint density at radius 3 is 2.00 bits per heavy atom. The van der Waals surface area contributed by atoms with Crippen molar-refractivity contribution in [3.63, 3.8) is 0 Å². The van der Waals surface area contributed by atoms with Crippen LogP contribution in [0, 0.1) is 0 Å². The molecule has 1 unspecified atom stereocenters. The number of aliphatic hydroxyl groups is 1. The molecule has 2 rings (SSSR count). The molecule has 2 amide bonds. The Kier molecular flexibility index (Phi) is 6.52. The molecule has 3 N–H and O–H groups in total. The van der Waals surface area contributed by atoms with Gasteiger partial charge in [0.1, 0.15) is 0 Å². The highest BCUT2D eigenvalue weighted by Crippen LogP contribution is 2.34. The highest BCUT2D eigenvalue weighted by atomic mass is 19.4. The number of para-hydroxylation sites is 1. The SMILES string of the molecule is O=C(NCC(O)c1ccc(C(F)(F)F)cc1)C(=O)Nc1ccccc1C(F)(F)F. The monoisotopic (exact) mass is 420 g/mol. The number of halogens is 6. The molecule has 5 nitrogen and oxygen atoms in total. The second-order valence-corrected chi connectivity index (χ2v) is 5.84. The molecule has 156 valence electrons. The Bertz CT molecular complexity index is 878. The first-order valence-electron chi connectivity index (χ1n) is 8.00. The fourth-order valence-electron chi connectivity index (χ4n) is 2.30. The first-order chi connectivity index (χ1) is 13.4. The summed E-state index contributed by atoms with van der Waals surface area (Å²) in [5, 5.41) is 13.7. The lowest BCUT2D eigenvalue weighted by Gasteiger charge is -2.15. The van der Waals surface area contributed by atoms with E-state index in [9.17, 15) is 41.0 Å². The molecule has 0 aromatic heterocycles. The summed E-state index contributed by atoms with van der Waals surface area (Å²) >= 11 is 0. The van der Waals surface area contributed by atoms with Gasteiger partial charge in [-0.05, 0) is 29.8 Å². The number of carbonyl (C=O) groups is 2. The number of anilines is 1. The fraction of sp³-hybridized carbons (Fsp3) is 0.222. The van der Waals surface area contributed by atoms with Crippen molar-refractivity contribution in [3.8, 4) is 0 Å². The summed E-state index contributed by atoms with van der Waals surface area (Å²) in [5.41, 5.74) is -2.66. The minimum atomic E-state index is -4.75. The molecule has 0 saturated carbocycles. The summed E-state index contributed by atoms with van der Waals surface area (Å²) in [7, 11) is 0. The van der Waals surface area contributed by atoms with Crippen LogP contribution in [0.4, 0.5) is 32.0 Å². The van der Waals surface area contributed by atoms with Gasteiger partial charge in [0, 0.05) is 6.54 Å². The van der Waals surface area contributed by atoms with Gasteiger partial charge in [-0.25, -0.2) is 0 Å². The van der Waals surface area contributed by atoms with E-state index in [2.05, 4.69) is 0 Å². The van der Waals surface area contributed by atoms with Crippen molar-refractivity contribution in [1.82, 2.24) is 5.32 Å². The zero-order valence-electron chi connectivity index (χ0n) is 14.4. The van der Waals surface area contributed by atoms with Crippen molar-refractivity contribution in [1.29, 1.82) is 0 Å². The number of alkyl halides is 6. The molecule has 2 aromatic carbocycles. The number of carbonyl (C=O) groups excluding carboxylic acids is 2. The number of nitrogens with one attached hydrogen (secondary N) is 2. The third kappa shape index (κ3) is 5.95. The topological polar surface area (TPSA) is 78.4 Å². The van der Waals surface area contributed by atoms with E-state index < -0.39 is 53.6 Å². The van der Waals surface area contributed by atoms with Crippen LogP contribution in [-0.2, 0) is 21.9 Å². The zero-order valence-corrected chi connectivity index (χ0v) is 14.4. The van der Waals surface area contributed by atoms with Crippen LogP contribution in [0.1, 0.15) is 22.8 Å². The molecule has 0 radical (unpaired) electrons. The van der Waals surface area contributed by atoms with Gasteiger partial charge >= 0.3 is 24.2 Å². The lowest BCUT2D eigenvalue weighted by Crippen LogP contribution is -2.38. The molecule has 1 atom stereocenters. The number of aliphatic hydroxyl groups excluding tert-OH is 1. The van der Waals surface area contributed by atoms with Crippen LogP contribution in [0.15, 0.2) is 48.5 Å². The smallest absolute Gasteiger partial charge is 0.387 e. The quantitative estimate of drug-likeness (QED) is 0.523. The van der Waals surface area contributed by atoms with E-state index in [1.807, 2.05) is 10.6 Å². The Morgan fingerprint density at radius 2 is 1.45 bits per heavy atom. The normalized spacial score (nSPS) is 12.9. The van der Waals surface area contributed by atoms with E-state index in [4.69, 9.17) is 0 Å². The summed E-state index contributed by atoms with van der Waals surface area (Å²) in [5.74, 6) is -2.73. The summed E-state index contributed by atoms with van der Waals surface area (Å²) in [6.07, 6.45) is -10.7. The summed E-state index contributed by atoms with van der Waals surface area (Å²) in [6.45, 7) is -0.543. The molecule has 0 bridgehead atoms. The highest BCUT2D eigenvalue weighted by molar-refractivity contribution is 6.39. The molecule has 0 aliphatic heterocycles. The van der Waals surface area contributed by atoms with E-state index >= 15 is 0 Å². The van der Waals surface area contributed by atoms with Crippen molar-refractivity contribution < 1.29 is 41.0 Å². The maximum atomic E-state index is 12.9. The van der Waals surface area contributed by atoms with Gasteiger partial charge in [-0.15, -0.1) is 0 Å². The van der Waals surface area contributed by atoms with Crippen LogP contribution in [0.2, 0.25) is 0 Å². The van der Waals surface area contributed by atoms with E-state index in [1.54, 1.807) is 0 Å². The molecule has 0 fully saturated rings. The Labute approximate surface area is 160 Å². The number of hydrogen-bond acceptors (Lipinski definition) is 3. The minimum absolute atomic E-state index is 0.0427. The summed E-state index contributed by atoms with van der Waals surface area (Å²) in [6, 6.07) is 7.50. The molecule has 0 aliphatic rings. The third-order valence-corrected chi connectivity index (χ3v) is 3.77.